The average molecular weight is 1930 g/mol. The van der Waals surface area contributed by atoms with E-state index in [1.54, 1.807) is 0 Å². The van der Waals surface area contributed by atoms with Gasteiger partial charge in [0.2, 0.25) is 0 Å². The Labute approximate surface area is 882 Å². The summed E-state index contributed by atoms with van der Waals surface area (Å²) in [7, 11) is 0. The molecular weight excluding hydrogens is 1800 g/mol. The first-order valence-electron chi connectivity index (χ1n) is 54.3. The summed E-state index contributed by atoms with van der Waals surface area (Å²) in [4.78, 5) is 0. The number of fused-ring (bicyclic) bond motifs is 25. The van der Waals surface area contributed by atoms with Gasteiger partial charge in [0.25, 0.3) is 0 Å². The third-order valence-electron chi connectivity index (χ3n) is 28.6. The van der Waals surface area contributed by atoms with E-state index in [0.717, 1.165) is 0 Å². The molecule has 0 aliphatic heterocycles. The van der Waals surface area contributed by atoms with Gasteiger partial charge >= 0.3 is 0 Å². The highest BCUT2D eigenvalue weighted by Crippen LogP contribution is 2.56. The molecule has 150 heavy (non-hydrogen) atoms. The third kappa shape index (κ3) is 18.6. The van der Waals surface area contributed by atoms with Gasteiger partial charge < -0.3 is 0 Å². The van der Waals surface area contributed by atoms with Crippen molar-refractivity contribution in [3.05, 3.63) is 522 Å². The fraction of sp³-hybridized carbons (Fsp3) is 0.0933. The van der Waals surface area contributed by atoms with Gasteiger partial charge in [-0.1, -0.05) is 582 Å². The molecule has 0 N–H and O–H groups in total. The molecule has 0 unspecified atom stereocenters. The van der Waals surface area contributed by atoms with Crippen molar-refractivity contribution < 1.29 is 0 Å². The Morgan fingerprint density at radius 3 is 0.373 bits per heavy atom. The second-order valence-corrected chi connectivity index (χ2v) is 36.0. The van der Waals surface area contributed by atoms with Crippen LogP contribution in [0.4, 0.5) is 0 Å². The lowest BCUT2D eigenvalue weighted by atomic mass is 9.77. The molecule has 728 valence electrons. The molecule has 0 aromatic heterocycles. The van der Waals surface area contributed by atoms with Crippen LogP contribution in [0.15, 0.2) is 522 Å². The van der Waals surface area contributed by atoms with Gasteiger partial charge in [-0.3, -0.25) is 0 Å². The zero-order valence-corrected chi connectivity index (χ0v) is 88.7. The molecule has 0 amide bonds. The zero-order valence-electron chi connectivity index (χ0n) is 88.7. The molecule has 0 aliphatic rings. The van der Waals surface area contributed by atoms with Crippen molar-refractivity contribution in [3.63, 3.8) is 0 Å². The number of hydrogen-bond acceptors (Lipinski definition) is 0. The maximum absolute atomic E-state index is 2.31. The lowest BCUT2D eigenvalue weighted by Gasteiger charge is -2.25. The maximum Gasteiger partial charge on any atom is -0.000139 e. The minimum atomic E-state index is 1.23. The van der Waals surface area contributed by atoms with E-state index in [-0.39, 0.29) is 0 Å². The highest BCUT2D eigenvalue weighted by Gasteiger charge is 2.28. The van der Waals surface area contributed by atoms with Gasteiger partial charge in [-0.2, -0.15) is 0 Å². The number of benzene rings is 27. The molecule has 0 fully saturated rings. The summed E-state index contributed by atoms with van der Waals surface area (Å²) in [5, 5.41) is 56.7. The van der Waals surface area contributed by atoms with E-state index in [0.29, 0.717) is 0 Å². The van der Waals surface area contributed by atoms with Gasteiger partial charge in [0.15, 0.2) is 0 Å². The van der Waals surface area contributed by atoms with Gasteiger partial charge in [0, 0.05) is 0 Å². The summed E-state index contributed by atoms with van der Waals surface area (Å²) in [5.74, 6) is 0. The molecule has 0 saturated carbocycles. The Morgan fingerprint density at radius 2 is 0.200 bits per heavy atom. The highest BCUT2D eigenvalue weighted by molar-refractivity contribution is 6.49. The molecule has 31 aromatic carbocycles. The van der Waals surface area contributed by atoms with Crippen LogP contribution in [0, 0.1) is 0 Å². The second-order valence-electron chi connectivity index (χ2n) is 36.0. The minimum Gasteiger partial charge on any atom is -0.0683 e. The summed E-state index contributed by atoms with van der Waals surface area (Å²) >= 11 is 0. The predicted octanol–water partition coefficient (Wildman–Crippen LogP) is 45.9. The SMILES string of the molecule is CC.CC.CC.CC.CC.CC.CC.c1ccc(-c2c3ccccc3c(-c3ccccc3)c3c(-c4ccccc4)c4ccccc4c(-c4ccccc4)c23)cc1.c1ccc2c(c1)c1cccc3c4c5ccccc5c5cccc(c2c13)c54.c1ccc2c(c1)c1cccc3c4c5ccccc5c5cccc(c2c13)c54.c1ccc2cc3cc4ccccc4cc3cc2c1.c1ccc2cc3ccccc3cc2c1.c1ccc2ccccc2c1. The van der Waals surface area contributed by atoms with Crippen molar-refractivity contribution in [1.82, 2.24) is 0 Å². The molecule has 0 aliphatic carbocycles. The lowest BCUT2D eigenvalue weighted by Crippen LogP contribution is -1.97. The van der Waals surface area contributed by atoms with Crippen LogP contribution in [0.25, 0.3) is 271 Å². The summed E-state index contributed by atoms with van der Waals surface area (Å²) in [6, 6.07) is 189. The van der Waals surface area contributed by atoms with Crippen molar-refractivity contribution in [2.24, 2.45) is 0 Å². The first-order valence-corrected chi connectivity index (χ1v) is 54.3. The Hall–Kier alpha value is -17.7. The third-order valence-corrected chi connectivity index (χ3v) is 28.6. The van der Waals surface area contributed by atoms with Gasteiger partial charge in [0.05, 0.1) is 0 Å². The Kier molecular flexibility index (Phi) is 31.5. The topological polar surface area (TPSA) is 0 Å². The second kappa shape index (κ2) is 46.8. The van der Waals surface area contributed by atoms with Crippen LogP contribution in [0.2, 0.25) is 0 Å². The van der Waals surface area contributed by atoms with Crippen molar-refractivity contribution in [1.29, 1.82) is 0 Å². The highest BCUT2D eigenvalue weighted by atomic mass is 14.3. The summed E-state index contributed by atoms with van der Waals surface area (Å²) in [6.45, 7) is 28.0. The number of hydrogen-bond donors (Lipinski definition) is 0. The molecule has 0 atom stereocenters. The summed E-state index contributed by atoms with van der Waals surface area (Å²) in [6.07, 6.45) is 0. The molecule has 0 bridgehead atoms. The first kappa shape index (κ1) is 101. The van der Waals surface area contributed by atoms with Crippen LogP contribution >= 0.6 is 0 Å². The molecule has 0 saturated heterocycles. The van der Waals surface area contributed by atoms with E-state index in [2.05, 4.69) is 522 Å². The molecule has 0 spiro atoms. The van der Waals surface area contributed by atoms with Crippen LogP contribution < -0.4 is 0 Å². The van der Waals surface area contributed by atoms with Crippen molar-refractivity contribution >= 4 is 226 Å². The van der Waals surface area contributed by atoms with E-state index in [1.165, 1.54) is 271 Å². The number of rotatable bonds is 4. The van der Waals surface area contributed by atoms with E-state index in [4.69, 9.17) is 0 Å². The van der Waals surface area contributed by atoms with Crippen LogP contribution in [0.3, 0.4) is 0 Å². The van der Waals surface area contributed by atoms with Gasteiger partial charge in [0.1, 0.15) is 0 Å². The van der Waals surface area contributed by atoms with Gasteiger partial charge in [-0.15, -0.1) is 0 Å². The molecule has 0 radical (unpaired) electrons. The molecule has 0 heteroatoms. The molecule has 0 heterocycles. The largest absolute Gasteiger partial charge is 0.0683 e. The van der Waals surface area contributed by atoms with E-state index >= 15 is 0 Å². The Bertz CT molecular complexity index is 8910. The van der Waals surface area contributed by atoms with Crippen molar-refractivity contribution in [3.8, 4) is 44.5 Å². The average Bonchev–Trinajstić information content (AvgIpc) is 1.57. The molecule has 31 aromatic rings. The Morgan fingerprint density at radius 1 is 0.0800 bits per heavy atom. The monoisotopic (exact) mass is 1930 g/mol. The van der Waals surface area contributed by atoms with Crippen LogP contribution in [0.1, 0.15) is 96.9 Å². The smallest absolute Gasteiger partial charge is 0.000139 e. The normalized spacial score (nSPS) is 10.9. The van der Waals surface area contributed by atoms with E-state index in [9.17, 15) is 0 Å². The molecule has 0 nitrogen and oxygen atoms in total. The fourth-order valence-electron chi connectivity index (χ4n) is 22.8. The van der Waals surface area contributed by atoms with Crippen molar-refractivity contribution in [2.45, 2.75) is 96.9 Å². The van der Waals surface area contributed by atoms with Crippen molar-refractivity contribution in [2.75, 3.05) is 0 Å². The van der Waals surface area contributed by atoms with Crippen LogP contribution in [0.5, 0.6) is 0 Å². The zero-order chi connectivity index (χ0) is 104. The van der Waals surface area contributed by atoms with Crippen LogP contribution in [-0.2, 0) is 0 Å². The molecule has 31 rings (SSSR count). The quantitative estimate of drug-likeness (QED) is 0.154. The summed E-state index contributed by atoms with van der Waals surface area (Å²) in [5.41, 5.74) is 10.0. The lowest BCUT2D eigenvalue weighted by molar-refractivity contribution is 1.50. The van der Waals surface area contributed by atoms with Crippen LogP contribution in [-0.4, -0.2) is 0 Å². The van der Waals surface area contributed by atoms with E-state index in [1.807, 2.05) is 96.9 Å². The first-order chi connectivity index (χ1) is 74.6. The Balaban J connectivity index is 0.000000115. The van der Waals surface area contributed by atoms with E-state index < -0.39 is 0 Å². The maximum atomic E-state index is 2.31. The fourth-order valence-corrected chi connectivity index (χ4v) is 22.8. The van der Waals surface area contributed by atoms with Gasteiger partial charge in [-0.25, -0.2) is 0 Å². The summed E-state index contributed by atoms with van der Waals surface area (Å²) < 4.78 is 0. The van der Waals surface area contributed by atoms with Gasteiger partial charge in [-0.05, 0) is 307 Å². The minimum absolute atomic E-state index is 1.23. The predicted molar refractivity (Wildman–Crippen MR) is 672 cm³/mol. The standard InChI is InChI=1S/C42H28.2C26H14.C18H12.C14H10.C10H8.7C2H6/c1-5-17-29(18-6-1)37-33-25-13-14-26-34(33)39(31-21-9-3-10-22-31)42-40(32-23-11-4-12-24-32)36-28-16-15-27-35(36)38(41(37)42)30-19-7-2-8-20-30;2*1-3-9-17-15(7-1)19-11-5-13-22-24-18-10-4-2-8-16(18)20-12-6-14-21(26(20)24)23(17)25(19)22;1-2-6-14-10-18-12-16-8-4-3-7-15(16)11-17(18)9-13(14)5-1;1-2-6-12-10-14-8-4-3-7-13(14)9-11(12)5-1;1-2-6-10-8-4-3-7-9(10)5-1;7*1-2/h1-28H;2*1-14H;1-12H;1-10H;1-8H;7*1-2H3. The molecular formula is C150H128.